The topological polar surface area (TPSA) is 42.4 Å². The van der Waals surface area contributed by atoms with Gasteiger partial charge in [-0.1, -0.05) is 29.8 Å². The van der Waals surface area contributed by atoms with Crippen molar-refractivity contribution in [2.75, 3.05) is 20.2 Å². The van der Waals surface area contributed by atoms with Crippen LogP contribution in [0, 0.1) is 19.8 Å². The van der Waals surface area contributed by atoms with Crippen molar-refractivity contribution in [1.29, 1.82) is 0 Å². The molecule has 0 saturated carbocycles. The molecule has 0 bridgehead atoms. The summed E-state index contributed by atoms with van der Waals surface area (Å²) in [7, 11) is 1.77. The van der Waals surface area contributed by atoms with E-state index in [0.717, 1.165) is 24.9 Å². The lowest BCUT2D eigenvalue weighted by atomic mass is 9.88. The number of carbonyl (C=O) groups is 1. The fourth-order valence-electron chi connectivity index (χ4n) is 3.66. The molecule has 1 amide bonds. The number of aryl methyl sites for hydroxylation is 2. The first-order valence-corrected chi connectivity index (χ1v) is 8.87. The smallest absolute Gasteiger partial charge is 0.272 e. The molecule has 1 fully saturated rings. The van der Waals surface area contributed by atoms with E-state index in [1.807, 2.05) is 24.0 Å². The first kappa shape index (κ1) is 17.6. The number of nitrogens with zero attached hydrogens (tertiary/aromatic N) is 2. The van der Waals surface area contributed by atoms with Crippen molar-refractivity contribution in [2.45, 2.75) is 32.8 Å². The average Bonchev–Trinajstić information content (AvgIpc) is 2.61. The molecule has 2 atom stereocenters. The van der Waals surface area contributed by atoms with Crippen molar-refractivity contribution in [1.82, 2.24) is 9.88 Å². The normalized spacial score (nSPS) is 20.5. The number of benzene rings is 1. The van der Waals surface area contributed by atoms with E-state index in [-0.39, 0.29) is 12.0 Å². The lowest BCUT2D eigenvalue weighted by Crippen LogP contribution is -2.47. The Balaban J connectivity index is 1.74. The first-order chi connectivity index (χ1) is 12.1. The summed E-state index contributed by atoms with van der Waals surface area (Å²) in [5.74, 6) is 0.321. The lowest BCUT2D eigenvalue weighted by molar-refractivity contribution is -0.00317. The number of hydrogen-bond donors (Lipinski definition) is 0. The van der Waals surface area contributed by atoms with Gasteiger partial charge in [-0.2, -0.15) is 0 Å². The minimum Gasteiger partial charge on any atom is -0.381 e. The van der Waals surface area contributed by atoms with Gasteiger partial charge in [0.2, 0.25) is 0 Å². The van der Waals surface area contributed by atoms with E-state index in [0.29, 0.717) is 18.2 Å². The molecule has 1 aliphatic rings. The Morgan fingerprint density at radius 1 is 1.24 bits per heavy atom. The molecule has 25 heavy (non-hydrogen) atoms. The predicted octanol–water partition coefficient (Wildman–Crippen LogP) is 3.42. The van der Waals surface area contributed by atoms with Gasteiger partial charge in [0.05, 0.1) is 6.10 Å². The highest BCUT2D eigenvalue weighted by Gasteiger charge is 2.32. The Morgan fingerprint density at radius 2 is 2.04 bits per heavy atom. The van der Waals surface area contributed by atoms with Crippen molar-refractivity contribution in [2.24, 2.45) is 5.92 Å². The molecule has 2 aromatic rings. The molecular weight excluding hydrogens is 312 g/mol. The van der Waals surface area contributed by atoms with Crippen molar-refractivity contribution >= 4 is 5.91 Å². The third-order valence-corrected chi connectivity index (χ3v) is 4.97. The summed E-state index contributed by atoms with van der Waals surface area (Å²) in [5, 5.41) is 0. The Labute approximate surface area is 149 Å². The Morgan fingerprint density at radius 3 is 2.76 bits per heavy atom. The molecule has 0 radical (unpaired) electrons. The molecule has 4 heteroatoms. The van der Waals surface area contributed by atoms with Gasteiger partial charge in [-0.25, -0.2) is 0 Å². The maximum absolute atomic E-state index is 12.8. The summed E-state index contributed by atoms with van der Waals surface area (Å²) in [5.41, 5.74) is 4.15. The van der Waals surface area contributed by atoms with Crippen LogP contribution in [0.2, 0.25) is 0 Å². The summed E-state index contributed by atoms with van der Waals surface area (Å²) < 4.78 is 5.71. The molecule has 2 heterocycles. The molecule has 1 aliphatic heterocycles. The van der Waals surface area contributed by atoms with Gasteiger partial charge in [0.25, 0.3) is 5.91 Å². The highest BCUT2D eigenvalue weighted by Crippen LogP contribution is 2.25. The number of likely N-dealkylation sites (tertiary alicyclic amines) is 1. The molecule has 1 aromatic heterocycles. The van der Waals surface area contributed by atoms with Gasteiger partial charge in [-0.15, -0.1) is 0 Å². The minimum atomic E-state index is 0.0208. The van der Waals surface area contributed by atoms with Gasteiger partial charge in [-0.3, -0.25) is 9.78 Å². The third kappa shape index (κ3) is 4.26. The van der Waals surface area contributed by atoms with Crippen molar-refractivity contribution in [3.8, 4) is 0 Å². The average molecular weight is 338 g/mol. The summed E-state index contributed by atoms with van der Waals surface area (Å²) >= 11 is 0. The van der Waals surface area contributed by atoms with E-state index in [9.17, 15) is 4.79 Å². The number of amides is 1. The van der Waals surface area contributed by atoms with Crippen LogP contribution in [0.4, 0.5) is 0 Å². The van der Waals surface area contributed by atoms with Crippen LogP contribution < -0.4 is 0 Å². The van der Waals surface area contributed by atoms with Crippen LogP contribution in [0.3, 0.4) is 0 Å². The van der Waals surface area contributed by atoms with E-state index in [1.165, 1.54) is 11.1 Å². The predicted molar refractivity (Wildman–Crippen MR) is 98.7 cm³/mol. The van der Waals surface area contributed by atoms with Crippen LogP contribution >= 0.6 is 0 Å². The number of carbonyl (C=O) groups excluding carboxylic acids is 1. The fraction of sp³-hybridized carbons (Fsp3) is 0.429. The second kappa shape index (κ2) is 7.79. The fourth-order valence-corrected chi connectivity index (χ4v) is 3.66. The highest BCUT2D eigenvalue weighted by atomic mass is 16.5. The van der Waals surface area contributed by atoms with Gasteiger partial charge < -0.3 is 9.64 Å². The molecule has 1 aromatic carbocycles. The van der Waals surface area contributed by atoms with E-state index >= 15 is 0 Å². The Bertz CT molecular complexity index is 744. The number of pyridine rings is 1. The zero-order chi connectivity index (χ0) is 17.8. The number of aromatic nitrogens is 1. The molecule has 0 spiro atoms. The van der Waals surface area contributed by atoms with Crippen LogP contribution in [-0.2, 0) is 11.2 Å². The molecule has 0 N–H and O–H groups in total. The summed E-state index contributed by atoms with van der Waals surface area (Å²) in [6, 6.07) is 12.3. The van der Waals surface area contributed by atoms with Gasteiger partial charge >= 0.3 is 0 Å². The van der Waals surface area contributed by atoms with Gasteiger partial charge in [0.1, 0.15) is 5.69 Å². The Kier molecular flexibility index (Phi) is 5.49. The van der Waals surface area contributed by atoms with E-state index < -0.39 is 0 Å². The maximum atomic E-state index is 12.8. The Hall–Kier alpha value is -2.20. The monoisotopic (exact) mass is 338 g/mol. The lowest BCUT2D eigenvalue weighted by Gasteiger charge is -2.38. The van der Waals surface area contributed by atoms with Crippen molar-refractivity contribution < 1.29 is 9.53 Å². The zero-order valence-electron chi connectivity index (χ0n) is 15.2. The quantitative estimate of drug-likeness (QED) is 0.858. The highest BCUT2D eigenvalue weighted by molar-refractivity contribution is 5.92. The third-order valence-electron chi connectivity index (χ3n) is 4.97. The maximum Gasteiger partial charge on any atom is 0.272 e. The SMILES string of the molecule is CO[C@H]1CCN(C(=O)c2cc(C)ccn2)C[C@H]1Cc1cccc(C)c1. The molecule has 3 rings (SSSR count). The molecule has 4 nitrogen and oxygen atoms in total. The molecule has 0 unspecified atom stereocenters. The van der Waals surface area contributed by atoms with E-state index in [4.69, 9.17) is 4.74 Å². The number of piperidine rings is 1. The summed E-state index contributed by atoms with van der Waals surface area (Å²) in [6.07, 6.45) is 3.68. The number of rotatable bonds is 4. The molecular formula is C21H26N2O2. The van der Waals surface area contributed by atoms with Crippen LogP contribution in [-0.4, -0.2) is 42.1 Å². The van der Waals surface area contributed by atoms with Crippen molar-refractivity contribution in [3.05, 3.63) is 65.0 Å². The molecule has 1 saturated heterocycles. The van der Waals surface area contributed by atoms with Crippen molar-refractivity contribution in [3.63, 3.8) is 0 Å². The largest absolute Gasteiger partial charge is 0.381 e. The number of methoxy groups -OCH3 is 1. The van der Waals surface area contributed by atoms with E-state index in [1.54, 1.807) is 13.3 Å². The van der Waals surface area contributed by atoms with Gasteiger partial charge in [0.15, 0.2) is 0 Å². The van der Waals surface area contributed by atoms with Crippen LogP contribution in [0.25, 0.3) is 0 Å². The summed E-state index contributed by atoms with van der Waals surface area (Å²) in [6.45, 7) is 5.52. The van der Waals surface area contributed by atoms with Crippen LogP contribution in [0.15, 0.2) is 42.6 Å². The second-order valence-electron chi connectivity index (χ2n) is 6.99. The van der Waals surface area contributed by atoms with Gasteiger partial charge in [-0.05, 0) is 49.9 Å². The molecule has 0 aliphatic carbocycles. The zero-order valence-corrected chi connectivity index (χ0v) is 15.2. The molecule has 132 valence electrons. The number of hydrogen-bond acceptors (Lipinski definition) is 3. The van der Waals surface area contributed by atoms with Crippen LogP contribution in [0.5, 0.6) is 0 Å². The minimum absolute atomic E-state index is 0.0208. The number of ether oxygens (including phenoxy) is 1. The second-order valence-corrected chi connectivity index (χ2v) is 6.99. The first-order valence-electron chi connectivity index (χ1n) is 8.87. The van der Waals surface area contributed by atoms with Crippen LogP contribution in [0.1, 0.15) is 33.6 Å². The standard InChI is InChI=1S/C21H26N2O2/c1-15-5-4-6-17(11-15)13-18-14-23(10-8-20(18)25-3)21(24)19-12-16(2)7-9-22-19/h4-7,9,11-12,18,20H,8,10,13-14H2,1-3H3/t18-,20+/m1/s1. The van der Waals surface area contributed by atoms with E-state index in [2.05, 4.69) is 36.2 Å². The van der Waals surface area contributed by atoms with Gasteiger partial charge in [0, 0.05) is 32.3 Å². The summed E-state index contributed by atoms with van der Waals surface area (Å²) in [4.78, 5) is 19.0.